The van der Waals surface area contributed by atoms with Crippen LogP contribution in [-0.2, 0) is 17.9 Å². The SMILES string of the molecule is CN1CCCCC1CCC(=O)NCc1ccc(CN2CCCC2)cc1. The molecule has 1 amide bonds. The number of hydrogen-bond acceptors (Lipinski definition) is 3. The van der Waals surface area contributed by atoms with E-state index in [0.29, 0.717) is 19.0 Å². The van der Waals surface area contributed by atoms with Gasteiger partial charge in [0.1, 0.15) is 0 Å². The molecular weight excluding hydrogens is 310 g/mol. The standard InChI is InChI=1S/C21H33N3O/c1-23-13-3-2-6-20(23)11-12-21(25)22-16-18-7-9-19(10-8-18)17-24-14-4-5-15-24/h7-10,20H,2-6,11-17H2,1H3,(H,22,25). The van der Waals surface area contributed by atoms with Gasteiger partial charge in [0.2, 0.25) is 5.91 Å². The minimum Gasteiger partial charge on any atom is -0.352 e. The third-order valence-corrected chi connectivity index (χ3v) is 5.74. The molecule has 2 aliphatic rings. The number of carbonyl (C=O) groups is 1. The maximum atomic E-state index is 12.1. The molecule has 2 saturated heterocycles. The van der Waals surface area contributed by atoms with Crippen LogP contribution in [0.2, 0.25) is 0 Å². The van der Waals surface area contributed by atoms with E-state index in [-0.39, 0.29) is 5.91 Å². The summed E-state index contributed by atoms with van der Waals surface area (Å²) in [6.07, 6.45) is 8.14. The fourth-order valence-corrected chi connectivity index (χ4v) is 4.06. The van der Waals surface area contributed by atoms with Crippen molar-refractivity contribution in [2.75, 3.05) is 26.7 Å². The molecule has 0 radical (unpaired) electrons. The molecule has 1 aromatic carbocycles. The fraction of sp³-hybridized carbons (Fsp3) is 0.667. The van der Waals surface area contributed by atoms with Crippen LogP contribution in [0.4, 0.5) is 0 Å². The molecular formula is C21H33N3O. The van der Waals surface area contributed by atoms with Crippen molar-refractivity contribution in [2.45, 2.75) is 64.1 Å². The van der Waals surface area contributed by atoms with Crippen LogP contribution in [0.1, 0.15) is 56.1 Å². The van der Waals surface area contributed by atoms with Gasteiger partial charge in [0.25, 0.3) is 0 Å². The van der Waals surface area contributed by atoms with E-state index in [2.05, 4.69) is 46.4 Å². The van der Waals surface area contributed by atoms with Crippen molar-refractivity contribution in [1.82, 2.24) is 15.1 Å². The Labute approximate surface area is 152 Å². The highest BCUT2D eigenvalue weighted by Crippen LogP contribution is 2.19. The zero-order chi connectivity index (χ0) is 17.5. The normalized spacial score (nSPS) is 22.2. The number of nitrogens with zero attached hydrogens (tertiary/aromatic N) is 2. The van der Waals surface area contributed by atoms with Crippen LogP contribution < -0.4 is 5.32 Å². The van der Waals surface area contributed by atoms with E-state index in [9.17, 15) is 4.79 Å². The van der Waals surface area contributed by atoms with E-state index in [1.54, 1.807) is 0 Å². The summed E-state index contributed by atoms with van der Waals surface area (Å²) in [6.45, 7) is 5.34. The molecule has 2 fully saturated rings. The van der Waals surface area contributed by atoms with Gasteiger partial charge >= 0.3 is 0 Å². The summed E-state index contributed by atoms with van der Waals surface area (Å²) >= 11 is 0. The highest BCUT2D eigenvalue weighted by molar-refractivity contribution is 5.75. The molecule has 0 spiro atoms. The van der Waals surface area contributed by atoms with Crippen molar-refractivity contribution in [3.8, 4) is 0 Å². The molecule has 0 aliphatic carbocycles. The van der Waals surface area contributed by atoms with Crippen LogP contribution in [0.15, 0.2) is 24.3 Å². The zero-order valence-corrected chi connectivity index (χ0v) is 15.7. The van der Waals surface area contributed by atoms with Crippen LogP contribution >= 0.6 is 0 Å². The van der Waals surface area contributed by atoms with Gasteiger partial charge in [-0.3, -0.25) is 9.69 Å². The van der Waals surface area contributed by atoms with E-state index in [0.717, 1.165) is 13.0 Å². The molecule has 2 aliphatic heterocycles. The number of amides is 1. The summed E-state index contributed by atoms with van der Waals surface area (Å²) in [5.74, 6) is 0.181. The topological polar surface area (TPSA) is 35.6 Å². The third-order valence-electron chi connectivity index (χ3n) is 5.74. The maximum Gasteiger partial charge on any atom is 0.220 e. The van der Waals surface area contributed by atoms with Crippen molar-refractivity contribution in [1.29, 1.82) is 0 Å². The smallest absolute Gasteiger partial charge is 0.220 e. The average Bonchev–Trinajstić information content (AvgIpc) is 3.13. The number of likely N-dealkylation sites (tertiary alicyclic amines) is 2. The first-order chi connectivity index (χ1) is 12.2. The Hall–Kier alpha value is -1.39. The monoisotopic (exact) mass is 343 g/mol. The lowest BCUT2D eigenvalue weighted by Crippen LogP contribution is -2.37. The summed E-state index contributed by atoms with van der Waals surface area (Å²) in [5, 5.41) is 3.08. The lowest BCUT2D eigenvalue weighted by Gasteiger charge is -2.32. The Morgan fingerprint density at radius 1 is 1.04 bits per heavy atom. The first-order valence-electron chi connectivity index (χ1n) is 9.98. The fourth-order valence-electron chi connectivity index (χ4n) is 4.06. The first-order valence-corrected chi connectivity index (χ1v) is 9.98. The van der Waals surface area contributed by atoms with Crippen LogP contribution in [-0.4, -0.2) is 48.4 Å². The summed E-state index contributed by atoms with van der Waals surface area (Å²) in [4.78, 5) is 17.1. The molecule has 1 atom stereocenters. The van der Waals surface area contributed by atoms with Crippen molar-refractivity contribution >= 4 is 5.91 Å². The van der Waals surface area contributed by atoms with E-state index in [1.165, 1.54) is 62.9 Å². The molecule has 0 saturated carbocycles. The van der Waals surface area contributed by atoms with Crippen molar-refractivity contribution in [3.05, 3.63) is 35.4 Å². The highest BCUT2D eigenvalue weighted by Gasteiger charge is 2.19. The summed E-state index contributed by atoms with van der Waals surface area (Å²) in [6, 6.07) is 9.30. The van der Waals surface area contributed by atoms with Gasteiger partial charge in [0, 0.05) is 25.6 Å². The van der Waals surface area contributed by atoms with Crippen molar-refractivity contribution in [3.63, 3.8) is 0 Å². The second-order valence-electron chi connectivity index (χ2n) is 7.75. The Bertz CT molecular complexity index is 537. The van der Waals surface area contributed by atoms with Gasteiger partial charge in [-0.1, -0.05) is 30.7 Å². The number of rotatable bonds is 7. The minimum absolute atomic E-state index is 0.181. The molecule has 0 aromatic heterocycles. The molecule has 1 unspecified atom stereocenters. The lowest BCUT2D eigenvalue weighted by molar-refractivity contribution is -0.121. The minimum atomic E-state index is 0.181. The first kappa shape index (κ1) is 18.4. The van der Waals surface area contributed by atoms with E-state index in [1.807, 2.05) is 0 Å². The Kier molecular flexibility index (Phi) is 6.88. The van der Waals surface area contributed by atoms with Gasteiger partial charge in [-0.05, 0) is 69.9 Å². The Morgan fingerprint density at radius 2 is 1.72 bits per heavy atom. The largest absolute Gasteiger partial charge is 0.352 e. The summed E-state index contributed by atoms with van der Waals surface area (Å²) in [7, 11) is 2.19. The van der Waals surface area contributed by atoms with Gasteiger partial charge in [-0.25, -0.2) is 0 Å². The van der Waals surface area contributed by atoms with Gasteiger partial charge < -0.3 is 10.2 Å². The summed E-state index contributed by atoms with van der Waals surface area (Å²) < 4.78 is 0. The van der Waals surface area contributed by atoms with Crippen LogP contribution in [0.5, 0.6) is 0 Å². The second kappa shape index (κ2) is 9.35. The van der Waals surface area contributed by atoms with Gasteiger partial charge in [-0.2, -0.15) is 0 Å². The van der Waals surface area contributed by atoms with Crippen molar-refractivity contribution in [2.24, 2.45) is 0 Å². The van der Waals surface area contributed by atoms with Gasteiger partial charge in [0.05, 0.1) is 0 Å². The van der Waals surface area contributed by atoms with Crippen LogP contribution in [0.25, 0.3) is 0 Å². The van der Waals surface area contributed by atoms with E-state index < -0.39 is 0 Å². The highest BCUT2D eigenvalue weighted by atomic mass is 16.1. The second-order valence-corrected chi connectivity index (χ2v) is 7.75. The molecule has 2 heterocycles. The van der Waals surface area contributed by atoms with Crippen LogP contribution in [0, 0.1) is 0 Å². The average molecular weight is 344 g/mol. The Balaban J connectivity index is 1.36. The predicted octanol–water partition coefficient (Wildman–Crippen LogP) is 3.16. The third kappa shape index (κ3) is 5.82. The number of benzene rings is 1. The number of nitrogens with one attached hydrogen (secondary N) is 1. The molecule has 138 valence electrons. The number of hydrogen-bond donors (Lipinski definition) is 1. The maximum absolute atomic E-state index is 12.1. The van der Waals surface area contributed by atoms with E-state index >= 15 is 0 Å². The molecule has 4 heteroatoms. The number of piperidine rings is 1. The quantitative estimate of drug-likeness (QED) is 0.826. The van der Waals surface area contributed by atoms with Gasteiger partial charge in [0.15, 0.2) is 0 Å². The predicted molar refractivity (Wildman–Crippen MR) is 102 cm³/mol. The lowest BCUT2D eigenvalue weighted by atomic mass is 9.98. The van der Waals surface area contributed by atoms with Crippen molar-refractivity contribution < 1.29 is 4.79 Å². The van der Waals surface area contributed by atoms with Gasteiger partial charge in [-0.15, -0.1) is 0 Å². The summed E-state index contributed by atoms with van der Waals surface area (Å²) in [5.41, 5.74) is 2.56. The van der Waals surface area contributed by atoms with E-state index in [4.69, 9.17) is 0 Å². The molecule has 1 aromatic rings. The molecule has 0 bridgehead atoms. The van der Waals surface area contributed by atoms with Crippen LogP contribution in [0.3, 0.4) is 0 Å². The number of carbonyl (C=O) groups excluding carboxylic acids is 1. The Morgan fingerprint density at radius 3 is 2.44 bits per heavy atom. The molecule has 4 nitrogen and oxygen atoms in total. The zero-order valence-electron chi connectivity index (χ0n) is 15.7. The molecule has 1 N–H and O–H groups in total. The molecule has 3 rings (SSSR count). The molecule has 25 heavy (non-hydrogen) atoms.